The lowest BCUT2D eigenvalue weighted by Crippen LogP contribution is -2.49. The van der Waals surface area contributed by atoms with Gasteiger partial charge in [-0.2, -0.15) is 0 Å². The van der Waals surface area contributed by atoms with Crippen LogP contribution in [0.25, 0.3) is 0 Å². The lowest BCUT2D eigenvalue weighted by Gasteiger charge is -2.37. The molecule has 1 saturated heterocycles. The van der Waals surface area contributed by atoms with Gasteiger partial charge in [0.2, 0.25) is 5.91 Å². The van der Waals surface area contributed by atoms with E-state index in [1.165, 1.54) is 5.56 Å². The molecule has 0 aromatic heterocycles. The number of nitrogens with zero attached hydrogens (tertiary/aromatic N) is 2. The molecular weight excluding hydrogens is 402 g/mol. The molecule has 0 saturated carbocycles. The number of nitrogens with one attached hydrogen (secondary N) is 1. The Morgan fingerprint density at radius 1 is 0.938 bits per heavy atom. The zero-order valence-electron chi connectivity index (χ0n) is 19.9. The Labute approximate surface area is 191 Å². The van der Waals surface area contributed by atoms with Crippen LogP contribution in [0.2, 0.25) is 0 Å². The molecule has 0 atom stereocenters. The fourth-order valence-electron chi connectivity index (χ4n) is 3.70. The van der Waals surface area contributed by atoms with Crippen LogP contribution in [0.4, 0.5) is 11.4 Å². The lowest BCUT2D eigenvalue weighted by atomic mass is 9.87. The summed E-state index contributed by atoms with van der Waals surface area (Å²) in [5, 5.41) is 2.88. The van der Waals surface area contributed by atoms with Crippen LogP contribution in [0, 0.1) is 5.92 Å². The van der Waals surface area contributed by atoms with E-state index < -0.39 is 0 Å². The van der Waals surface area contributed by atoms with Crippen LogP contribution in [-0.2, 0) is 15.0 Å². The van der Waals surface area contributed by atoms with Crippen molar-refractivity contribution in [3.63, 3.8) is 0 Å². The highest BCUT2D eigenvalue weighted by Gasteiger charge is 2.23. The molecule has 2 amide bonds. The highest BCUT2D eigenvalue weighted by atomic mass is 16.5. The van der Waals surface area contributed by atoms with Gasteiger partial charge in [-0.3, -0.25) is 9.59 Å². The fourth-order valence-corrected chi connectivity index (χ4v) is 3.70. The molecule has 1 heterocycles. The van der Waals surface area contributed by atoms with Gasteiger partial charge >= 0.3 is 0 Å². The van der Waals surface area contributed by atoms with Gasteiger partial charge in [0.15, 0.2) is 6.61 Å². The van der Waals surface area contributed by atoms with Crippen molar-refractivity contribution in [3.05, 3.63) is 54.1 Å². The van der Waals surface area contributed by atoms with Gasteiger partial charge in [0.25, 0.3) is 5.91 Å². The summed E-state index contributed by atoms with van der Waals surface area (Å²) < 4.78 is 5.62. The highest BCUT2D eigenvalue weighted by molar-refractivity contribution is 5.92. The van der Waals surface area contributed by atoms with Gasteiger partial charge in [-0.05, 0) is 47.4 Å². The second-order valence-corrected chi connectivity index (χ2v) is 9.63. The van der Waals surface area contributed by atoms with E-state index in [0.717, 1.165) is 37.6 Å². The quantitative estimate of drug-likeness (QED) is 0.732. The molecule has 1 aliphatic heterocycles. The normalized spacial score (nSPS) is 14.4. The predicted molar refractivity (Wildman–Crippen MR) is 129 cm³/mol. The largest absolute Gasteiger partial charge is 0.484 e. The summed E-state index contributed by atoms with van der Waals surface area (Å²) in [5.41, 5.74) is 3.14. The predicted octanol–water partition coefficient (Wildman–Crippen LogP) is 4.31. The minimum absolute atomic E-state index is 0.0382. The van der Waals surface area contributed by atoms with Gasteiger partial charge in [0.1, 0.15) is 5.75 Å². The number of carbonyl (C=O) groups is 2. The molecular formula is C26H35N3O3. The lowest BCUT2D eigenvalue weighted by molar-refractivity contribution is -0.134. The zero-order chi connectivity index (χ0) is 23.3. The van der Waals surface area contributed by atoms with Crippen LogP contribution in [0.3, 0.4) is 0 Å². The molecule has 2 aromatic carbocycles. The van der Waals surface area contributed by atoms with Crippen LogP contribution in [-0.4, -0.2) is 49.5 Å². The number of hydrogen-bond donors (Lipinski definition) is 1. The smallest absolute Gasteiger partial charge is 0.262 e. The summed E-state index contributed by atoms with van der Waals surface area (Å²) in [7, 11) is 0. The van der Waals surface area contributed by atoms with E-state index in [0.29, 0.717) is 5.75 Å². The molecule has 0 aliphatic carbocycles. The van der Waals surface area contributed by atoms with Gasteiger partial charge in [0, 0.05) is 43.5 Å². The second kappa shape index (κ2) is 10.1. The average molecular weight is 438 g/mol. The van der Waals surface area contributed by atoms with Gasteiger partial charge in [0.05, 0.1) is 0 Å². The first kappa shape index (κ1) is 23.6. The van der Waals surface area contributed by atoms with Crippen molar-refractivity contribution in [1.29, 1.82) is 0 Å². The Morgan fingerprint density at radius 2 is 1.53 bits per heavy atom. The summed E-state index contributed by atoms with van der Waals surface area (Å²) >= 11 is 0. The van der Waals surface area contributed by atoms with Crippen molar-refractivity contribution in [1.82, 2.24) is 4.90 Å². The van der Waals surface area contributed by atoms with Crippen LogP contribution < -0.4 is 15.0 Å². The molecule has 1 N–H and O–H groups in total. The summed E-state index contributed by atoms with van der Waals surface area (Å²) in [6.07, 6.45) is 0. The number of piperazine rings is 1. The van der Waals surface area contributed by atoms with Crippen molar-refractivity contribution in [3.8, 4) is 5.75 Å². The van der Waals surface area contributed by atoms with Crippen molar-refractivity contribution >= 4 is 23.2 Å². The molecule has 0 spiro atoms. The van der Waals surface area contributed by atoms with Crippen LogP contribution in [0.1, 0.15) is 40.2 Å². The molecule has 0 bridgehead atoms. The van der Waals surface area contributed by atoms with Crippen molar-refractivity contribution in [2.45, 2.75) is 40.0 Å². The molecule has 3 rings (SSSR count). The highest BCUT2D eigenvalue weighted by Crippen LogP contribution is 2.24. The van der Waals surface area contributed by atoms with Crippen molar-refractivity contribution in [2.75, 3.05) is 43.0 Å². The first-order valence-corrected chi connectivity index (χ1v) is 11.3. The Morgan fingerprint density at radius 3 is 2.06 bits per heavy atom. The number of rotatable bonds is 6. The molecule has 1 aliphatic rings. The van der Waals surface area contributed by atoms with E-state index in [-0.39, 0.29) is 29.8 Å². The second-order valence-electron chi connectivity index (χ2n) is 9.63. The van der Waals surface area contributed by atoms with Crippen molar-refractivity contribution < 1.29 is 14.3 Å². The standard InChI is InChI=1S/C26H35N3O3/c1-19(2)25(31)29-16-14-28(15-17-29)22-10-8-21(9-11-22)27-24(30)18-32-23-12-6-20(7-13-23)26(3,4)5/h6-13,19H,14-18H2,1-5H3,(H,27,30). The topological polar surface area (TPSA) is 61.9 Å². The first-order chi connectivity index (χ1) is 15.1. The third-order valence-corrected chi connectivity index (χ3v) is 5.69. The number of ether oxygens (including phenoxy) is 1. The van der Waals surface area contributed by atoms with E-state index in [2.05, 4.69) is 31.0 Å². The molecule has 2 aromatic rings. The SMILES string of the molecule is CC(C)C(=O)N1CCN(c2ccc(NC(=O)COc3ccc(C(C)(C)C)cc3)cc2)CC1. The molecule has 1 fully saturated rings. The zero-order valence-corrected chi connectivity index (χ0v) is 19.9. The van der Waals surface area contributed by atoms with Gasteiger partial charge < -0.3 is 19.9 Å². The Bertz CT molecular complexity index is 907. The van der Waals surface area contributed by atoms with Crippen LogP contribution in [0.5, 0.6) is 5.75 Å². The Hall–Kier alpha value is -3.02. The third kappa shape index (κ3) is 6.25. The van der Waals surface area contributed by atoms with Gasteiger partial charge in [-0.15, -0.1) is 0 Å². The minimum atomic E-state index is -0.196. The number of benzene rings is 2. The minimum Gasteiger partial charge on any atom is -0.484 e. The summed E-state index contributed by atoms with van der Waals surface area (Å²) in [4.78, 5) is 28.6. The fraction of sp³-hybridized carbons (Fsp3) is 0.462. The number of hydrogen-bond acceptors (Lipinski definition) is 4. The number of amides is 2. The molecule has 6 heteroatoms. The monoisotopic (exact) mass is 437 g/mol. The first-order valence-electron chi connectivity index (χ1n) is 11.3. The molecule has 0 unspecified atom stereocenters. The molecule has 6 nitrogen and oxygen atoms in total. The van der Waals surface area contributed by atoms with Gasteiger partial charge in [-0.25, -0.2) is 0 Å². The van der Waals surface area contributed by atoms with E-state index >= 15 is 0 Å². The van der Waals surface area contributed by atoms with E-state index in [1.54, 1.807) is 0 Å². The Balaban J connectivity index is 1.46. The van der Waals surface area contributed by atoms with Gasteiger partial charge in [-0.1, -0.05) is 46.8 Å². The average Bonchev–Trinajstić information content (AvgIpc) is 2.77. The molecule has 32 heavy (non-hydrogen) atoms. The van der Waals surface area contributed by atoms with Crippen LogP contribution in [0.15, 0.2) is 48.5 Å². The maximum Gasteiger partial charge on any atom is 0.262 e. The van der Waals surface area contributed by atoms with E-state index in [9.17, 15) is 9.59 Å². The maximum absolute atomic E-state index is 12.3. The summed E-state index contributed by atoms with van der Waals surface area (Å²) in [5.74, 6) is 0.739. The summed E-state index contributed by atoms with van der Waals surface area (Å²) in [6.45, 7) is 13.4. The van der Waals surface area contributed by atoms with E-state index in [4.69, 9.17) is 4.74 Å². The maximum atomic E-state index is 12.3. The number of anilines is 2. The number of carbonyl (C=O) groups excluding carboxylic acids is 2. The summed E-state index contributed by atoms with van der Waals surface area (Å²) in [6, 6.07) is 15.7. The van der Waals surface area contributed by atoms with Crippen molar-refractivity contribution in [2.24, 2.45) is 5.92 Å². The molecule has 172 valence electrons. The Kier molecular flexibility index (Phi) is 7.44. The van der Waals surface area contributed by atoms with E-state index in [1.807, 2.05) is 67.3 Å². The third-order valence-electron chi connectivity index (χ3n) is 5.69. The van der Waals surface area contributed by atoms with Crippen LogP contribution >= 0.6 is 0 Å². The molecule has 0 radical (unpaired) electrons.